The van der Waals surface area contributed by atoms with Crippen molar-refractivity contribution >= 4 is 38.6 Å². The highest BCUT2D eigenvalue weighted by molar-refractivity contribution is 9.10. The molecule has 1 aromatic carbocycles. The van der Waals surface area contributed by atoms with Crippen LogP contribution in [0.15, 0.2) is 51.6 Å². The molecule has 2 N–H and O–H groups in total. The number of nitrogens with one attached hydrogen (secondary N) is 2. The second-order valence-electron chi connectivity index (χ2n) is 3.84. The predicted octanol–water partition coefficient (Wildman–Crippen LogP) is 3.78. The van der Waals surface area contributed by atoms with E-state index < -0.39 is 0 Å². The van der Waals surface area contributed by atoms with E-state index in [1.165, 1.54) is 0 Å². The fourth-order valence-corrected chi connectivity index (χ4v) is 1.97. The van der Waals surface area contributed by atoms with E-state index in [9.17, 15) is 4.79 Å². The molecule has 0 aliphatic heterocycles. The number of H-pyrrole nitrogens is 1. The molecule has 5 heteroatoms. The number of carbonyl (C=O) groups is 1. The number of aromatic nitrogens is 1. The molecule has 0 bridgehead atoms. The molecule has 2 aromatic heterocycles. The Balaban J connectivity index is 1.82. The van der Waals surface area contributed by atoms with Gasteiger partial charge in [-0.25, -0.2) is 0 Å². The molecule has 3 aromatic rings. The van der Waals surface area contributed by atoms with E-state index in [1.54, 1.807) is 18.4 Å². The van der Waals surface area contributed by atoms with Gasteiger partial charge < -0.3 is 14.7 Å². The summed E-state index contributed by atoms with van der Waals surface area (Å²) in [4.78, 5) is 15.0. The van der Waals surface area contributed by atoms with Gasteiger partial charge in [0.05, 0.1) is 11.8 Å². The minimum Gasteiger partial charge on any atom is -0.463 e. The Kier molecular flexibility index (Phi) is 2.68. The van der Waals surface area contributed by atoms with Gasteiger partial charge in [0, 0.05) is 22.3 Å². The van der Waals surface area contributed by atoms with E-state index in [1.807, 2.05) is 24.3 Å². The number of halogens is 1. The number of rotatable bonds is 2. The molecule has 0 saturated heterocycles. The van der Waals surface area contributed by atoms with E-state index >= 15 is 0 Å². The molecule has 0 aliphatic rings. The van der Waals surface area contributed by atoms with Crippen LogP contribution in [0.25, 0.3) is 11.1 Å². The molecule has 0 spiro atoms. The summed E-state index contributed by atoms with van der Waals surface area (Å²) >= 11 is 3.34. The SMILES string of the molecule is O=C(Nc1ccc(Br)cc1)c1cc2occc2[nH]1. The van der Waals surface area contributed by atoms with Crippen LogP contribution < -0.4 is 5.32 Å². The molecular formula is C13H9BrN2O2. The molecule has 0 fully saturated rings. The lowest BCUT2D eigenvalue weighted by Gasteiger charge is -2.03. The highest BCUT2D eigenvalue weighted by Crippen LogP contribution is 2.18. The van der Waals surface area contributed by atoms with Gasteiger partial charge in [-0.05, 0) is 24.3 Å². The van der Waals surface area contributed by atoms with Crippen LogP contribution >= 0.6 is 15.9 Å². The number of amides is 1. The average molecular weight is 305 g/mol. The predicted molar refractivity (Wildman–Crippen MR) is 72.7 cm³/mol. The van der Waals surface area contributed by atoms with Crippen molar-refractivity contribution in [2.24, 2.45) is 0 Å². The molecule has 4 nitrogen and oxygen atoms in total. The number of carbonyl (C=O) groups excluding carboxylic acids is 1. The largest absolute Gasteiger partial charge is 0.463 e. The Bertz CT molecular complexity index is 669. The number of furan rings is 1. The zero-order valence-electron chi connectivity index (χ0n) is 9.24. The lowest BCUT2D eigenvalue weighted by atomic mass is 10.3. The third-order valence-electron chi connectivity index (χ3n) is 2.59. The summed E-state index contributed by atoms with van der Waals surface area (Å²) in [5, 5.41) is 2.80. The molecule has 0 aliphatic carbocycles. The molecule has 0 radical (unpaired) electrons. The number of hydrogen-bond acceptors (Lipinski definition) is 2. The van der Waals surface area contributed by atoms with Crippen LogP contribution in [0.4, 0.5) is 5.69 Å². The molecule has 0 unspecified atom stereocenters. The van der Waals surface area contributed by atoms with E-state index in [-0.39, 0.29) is 5.91 Å². The third-order valence-corrected chi connectivity index (χ3v) is 3.12. The van der Waals surface area contributed by atoms with Crippen LogP contribution in [0.2, 0.25) is 0 Å². The van der Waals surface area contributed by atoms with Crippen molar-refractivity contribution in [3.8, 4) is 0 Å². The Morgan fingerprint density at radius 3 is 2.72 bits per heavy atom. The van der Waals surface area contributed by atoms with Crippen LogP contribution in [-0.2, 0) is 0 Å². The summed E-state index contributed by atoms with van der Waals surface area (Å²) in [6.07, 6.45) is 1.58. The summed E-state index contributed by atoms with van der Waals surface area (Å²) in [5.74, 6) is -0.191. The minimum absolute atomic E-state index is 0.191. The van der Waals surface area contributed by atoms with Crippen LogP contribution in [0.3, 0.4) is 0 Å². The molecule has 18 heavy (non-hydrogen) atoms. The third kappa shape index (κ3) is 2.04. The highest BCUT2D eigenvalue weighted by Gasteiger charge is 2.11. The van der Waals surface area contributed by atoms with E-state index in [0.717, 1.165) is 15.7 Å². The Hall–Kier alpha value is -2.01. The van der Waals surface area contributed by atoms with Crippen LogP contribution in [-0.4, -0.2) is 10.9 Å². The van der Waals surface area contributed by atoms with Gasteiger partial charge in [-0.2, -0.15) is 0 Å². The zero-order chi connectivity index (χ0) is 12.5. The van der Waals surface area contributed by atoms with Gasteiger partial charge in [0.2, 0.25) is 0 Å². The second kappa shape index (κ2) is 4.34. The number of anilines is 1. The van der Waals surface area contributed by atoms with Gasteiger partial charge in [-0.15, -0.1) is 0 Å². The maximum Gasteiger partial charge on any atom is 0.272 e. The first-order valence-corrected chi connectivity index (χ1v) is 6.15. The summed E-state index contributed by atoms with van der Waals surface area (Å²) in [6.45, 7) is 0. The molecular weight excluding hydrogens is 296 g/mol. The van der Waals surface area contributed by atoms with E-state index in [0.29, 0.717) is 11.3 Å². The van der Waals surface area contributed by atoms with Crippen molar-refractivity contribution in [1.29, 1.82) is 0 Å². The van der Waals surface area contributed by atoms with Gasteiger partial charge in [-0.3, -0.25) is 4.79 Å². The zero-order valence-corrected chi connectivity index (χ0v) is 10.8. The van der Waals surface area contributed by atoms with Crippen molar-refractivity contribution in [1.82, 2.24) is 4.98 Å². The van der Waals surface area contributed by atoms with Crippen molar-refractivity contribution in [3.63, 3.8) is 0 Å². The average Bonchev–Trinajstić information content (AvgIpc) is 2.92. The van der Waals surface area contributed by atoms with Gasteiger partial charge in [0.25, 0.3) is 5.91 Å². The van der Waals surface area contributed by atoms with Crippen LogP contribution in [0.1, 0.15) is 10.5 Å². The molecule has 0 atom stereocenters. The summed E-state index contributed by atoms with van der Waals surface area (Å²) < 4.78 is 6.17. The van der Waals surface area contributed by atoms with Gasteiger partial charge >= 0.3 is 0 Å². The quantitative estimate of drug-likeness (QED) is 0.757. The first-order chi connectivity index (χ1) is 8.72. The van der Waals surface area contributed by atoms with Crippen LogP contribution in [0.5, 0.6) is 0 Å². The number of aromatic amines is 1. The topological polar surface area (TPSA) is 58.0 Å². The first-order valence-electron chi connectivity index (χ1n) is 5.35. The second-order valence-corrected chi connectivity index (χ2v) is 4.76. The molecule has 0 saturated carbocycles. The van der Waals surface area contributed by atoms with Gasteiger partial charge in [0.1, 0.15) is 5.69 Å². The Labute approximate surface area is 111 Å². The normalized spacial score (nSPS) is 10.7. The molecule has 90 valence electrons. The summed E-state index contributed by atoms with van der Waals surface area (Å²) in [6, 6.07) is 10.9. The van der Waals surface area contributed by atoms with Crippen molar-refractivity contribution < 1.29 is 9.21 Å². The summed E-state index contributed by atoms with van der Waals surface area (Å²) in [5.41, 5.74) is 2.72. The number of hydrogen-bond donors (Lipinski definition) is 2. The Morgan fingerprint density at radius 2 is 2.00 bits per heavy atom. The van der Waals surface area contributed by atoms with Gasteiger partial charge in [-0.1, -0.05) is 15.9 Å². The fourth-order valence-electron chi connectivity index (χ4n) is 1.70. The lowest BCUT2D eigenvalue weighted by Crippen LogP contribution is -2.11. The van der Waals surface area contributed by atoms with Crippen molar-refractivity contribution in [2.75, 3.05) is 5.32 Å². The Morgan fingerprint density at radius 1 is 1.22 bits per heavy atom. The van der Waals surface area contributed by atoms with Crippen LogP contribution in [0, 0.1) is 0 Å². The van der Waals surface area contributed by atoms with Crippen molar-refractivity contribution in [3.05, 3.63) is 52.8 Å². The monoisotopic (exact) mass is 304 g/mol. The standard InChI is InChI=1S/C13H9BrN2O2/c14-8-1-3-9(4-2-8)15-13(17)11-7-12-10(16-11)5-6-18-12/h1-7,16H,(H,15,17). The fraction of sp³-hybridized carbons (Fsp3) is 0. The minimum atomic E-state index is -0.191. The maximum absolute atomic E-state index is 12.0. The van der Waals surface area contributed by atoms with Crippen molar-refractivity contribution in [2.45, 2.75) is 0 Å². The number of benzene rings is 1. The molecule has 2 heterocycles. The summed E-state index contributed by atoms with van der Waals surface area (Å²) in [7, 11) is 0. The smallest absolute Gasteiger partial charge is 0.272 e. The lowest BCUT2D eigenvalue weighted by molar-refractivity contribution is 0.102. The highest BCUT2D eigenvalue weighted by atomic mass is 79.9. The maximum atomic E-state index is 12.0. The molecule has 1 amide bonds. The molecule has 3 rings (SSSR count). The van der Waals surface area contributed by atoms with Gasteiger partial charge in [0.15, 0.2) is 5.58 Å². The first kappa shape index (κ1) is 11.1. The van der Waals surface area contributed by atoms with E-state index in [2.05, 4.69) is 26.2 Å². The number of fused-ring (bicyclic) bond motifs is 1. The van der Waals surface area contributed by atoms with E-state index in [4.69, 9.17) is 4.42 Å².